The Hall–Kier alpha value is -1.36. The van der Waals surface area contributed by atoms with E-state index < -0.39 is 0 Å². The van der Waals surface area contributed by atoms with Crippen molar-refractivity contribution in [2.45, 2.75) is 19.9 Å². The van der Waals surface area contributed by atoms with E-state index in [1.54, 1.807) is 0 Å². The zero-order valence-corrected chi connectivity index (χ0v) is 8.36. The zero-order chi connectivity index (χ0) is 10.6. The second-order valence-electron chi connectivity index (χ2n) is 3.49. The van der Waals surface area contributed by atoms with Gasteiger partial charge in [0.15, 0.2) is 0 Å². The fourth-order valence-electron chi connectivity index (χ4n) is 0.866. The van der Waals surface area contributed by atoms with Crippen LogP contribution in [0.25, 0.3) is 0 Å². The van der Waals surface area contributed by atoms with E-state index in [1.807, 2.05) is 13.8 Å². The minimum atomic E-state index is -0.279. The quantitative estimate of drug-likeness (QED) is 0.731. The summed E-state index contributed by atoms with van der Waals surface area (Å²) < 4.78 is 4.69. The van der Waals surface area contributed by atoms with Gasteiger partial charge in [-0.25, -0.2) is 0 Å². The lowest BCUT2D eigenvalue weighted by Crippen LogP contribution is -2.40. The summed E-state index contributed by atoms with van der Waals surface area (Å²) in [5.74, 6) is 0.268. The van der Waals surface area contributed by atoms with Crippen LogP contribution in [0.3, 0.4) is 0 Å². The highest BCUT2D eigenvalue weighted by Gasteiger charge is 2.12. The first-order valence-electron chi connectivity index (χ1n) is 4.55. The number of nitrogens with one attached hydrogen (secondary N) is 1. The number of nitrogens with two attached hydrogens (primary N) is 1. The molecule has 1 amide bonds. The molecule has 0 aromatic carbocycles. The molecule has 0 aliphatic carbocycles. The molecular formula is C9H15N3O2. The van der Waals surface area contributed by atoms with Gasteiger partial charge in [0.2, 0.25) is 5.76 Å². The van der Waals surface area contributed by atoms with Crippen molar-refractivity contribution in [3.63, 3.8) is 0 Å². The van der Waals surface area contributed by atoms with E-state index in [4.69, 9.17) is 5.73 Å². The zero-order valence-electron chi connectivity index (χ0n) is 8.36. The molecule has 78 valence electrons. The maximum absolute atomic E-state index is 11.3. The summed E-state index contributed by atoms with van der Waals surface area (Å²) in [4.78, 5) is 11.3. The normalized spacial score (nSPS) is 12.9. The van der Waals surface area contributed by atoms with Crippen LogP contribution in [0.5, 0.6) is 0 Å². The van der Waals surface area contributed by atoms with Gasteiger partial charge in [0.25, 0.3) is 5.91 Å². The van der Waals surface area contributed by atoms with Crippen LogP contribution >= 0.6 is 0 Å². The number of amides is 1. The highest BCUT2D eigenvalue weighted by Crippen LogP contribution is 1.98. The summed E-state index contributed by atoms with van der Waals surface area (Å²) in [5.41, 5.74) is 5.76. The number of rotatable bonds is 4. The molecule has 14 heavy (non-hydrogen) atoms. The van der Waals surface area contributed by atoms with Crippen molar-refractivity contribution in [1.82, 2.24) is 10.5 Å². The van der Waals surface area contributed by atoms with E-state index in [-0.39, 0.29) is 17.7 Å². The minimum Gasteiger partial charge on any atom is -0.351 e. The Morgan fingerprint density at radius 3 is 2.93 bits per heavy atom. The highest BCUT2D eigenvalue weighted by molar-refractivity contribution is 5.91. The van der Waals surface area contributed by atoms with Crippen molar-refractivity contribution in [2.75, 3.05) is 6.54 Å². The Balaban J connectivity index is 2.36. The third-order valence-electron chi connectivity index (χ3n) is 2.02. The second-order valence-corrected chi connectivity index (χ2v) is 3.49. The van der Waals surface area contributed by atoms with Crippen LogP contribution in [0.2, 0.25) is 0 Å². The Kier molecular flexibility index (Phi) is 3.64. The SMILES string of the molecule is CC(C)C(N)CNC(=O)c1ccno1. The van der Waals surface area contributed by atoms with Gasteiger partial charge in [-0.1, -0.05) is 19.0 Å². The van der Waals surface area contributed by atoms with Crippen LogP contribution < -0.4 is 11.1 Å². The number of hydrogen-bond acceptors (Lipinski definition) is 4. The van der Waals surface area contributed by atoms with Gasteiger partial charge >= 0.3 is 0 Å². The summed E-state index contributed by atoms with van der Waals surface area (Å²) in [5, 5.41) is 6.11. The van der Waals surface area contributed by atoms with Gasteiger partial charge in [-0.15, -0.1) is 0 Å². The molecule has 0 bridgehead atoms. The Labute approximate surface area is 82.6 Å². The number of aromatic nitrogens is 1. The maximum Gasteiger partial charge on any atom is 0.289 e. The monoisotopic (exact) mass is 197 g/mol. The second kappa shape index (κ2) is 4.76. The number of carbonyl (C=O) groups is 1. The fraction of sp³-hybridized carbons (Fsp3) is 0.556. The molecule has 1 heterocycles. The van der Waals surface area contributed by atoms with Crippen molar-refractivity contribution < 1.29 is 9.32 Å². The molecule has 1 atom stereocenters. The van der Waals surface area contributed by atoms with Crippen LogP contribution in [0.15, 0.2) is 16.8 Å². The molecule has 0 saturated carbocycles. The Morgan fingerprint density at radius 2 is 2.43 bits per heavy atom. The standard InChI is InChI=1S/C9H15N3O2/c1-6(2)7(10)5-11-9(13)8-3-4-12-14-8/h3-4,6-7H,5,10H2,1-2H3,(H,11,13). The average Bonchev–Trinajstić information content (AvgIpc) is 2.66. The third-order valence-corrected chi connectivity index (χ3v) is 2.02. The van der Waals surface area contributed by atoms with Crippen molar-refractivity contribution in [1.29, 1.82) is 0 Å². The van der Waals surface area contributed by atoms with Gasteiger partial charge in [0, 0.05) is 18.7 Å². The summed E-state index contributed by atoms with van der Waals surface area (Å²) in [6.45, 7) is 4.45. The molecule has 5 heteroatoms. The number of hydrogen-bond donors (Lipinski definition) is 2. The van der Waals surface area contributed by atoms with Gasteiger partial charge < -0.3 is 15.6 Å². The molecule has 1 aromatic rings. The van der Waals surface area contributed by atoms with Crippen LogP contribution in [-0.4, -0.2) is 23.7 Å². The minimum absolute atomic E-state index is 0.0399. The van der Waals surface area contributed by atoms with E-state index in [0.29, 0.717) is 12.5 Å². The van der Waals surface area contributed by atoms with Crippen LogP contribution in [0, 0.1) is 5.92 Å². The van der Waals surface area contributed by atoms with Crippen molar-refractivity contribution in [2.24, 2.45) is 11.7 Å². The molecule has 1 unspecified atom stereocenters. The molecule has 0 fully saturated rings. The van der Waals surface area contributed by atoms with E-state index in [1.165, 1.54) is 12.3 Å². The van der Waals surface area contributed by atoms with Crippen LogP contribution in [-0.2, 0) is 0 Å². The smallest absolute Gasteiger partial charge is 0.289 e. The molecule has 5 nitrogen and oxygen atoms in total. The molecule has 0 aliphatic heterocycles. The van der Waals surface area contributed by atoms with Crippen molar-refractivity contribution in [3.8, 4) is 0 Å². The Morgan fingerprint density at radius 1 is 1.71 bits per heavy atom. The summed E-state index contributed by atoms with van der Waals surface area (Å²) >= 11 is 0. The molecule has 0 spiro atoms. The van der Waals surface area contributed by atoms with E-state index in [9.17, 15) is 4.79 Å². The molecule has 1 rings (SSSR count). The summed E-state index contributed by atoms with van der Waals surface area (Å²) in [6, 6.07) is 1.47. The van der Waals surface area contributed by atoms with E-state index >= 15 is 0 Å². The lowest BCUT2D eigenvalue weighted by atomic mass is 10.1. The number of carbonyl (C=O) groups excluding carboxylic acids is 1. The van der Waals surface area contributed by atoms with Gasteiger partial charge in [0.1, 0.15) is 0 Å². The lowest BCUT2D eigenvalue weighted by molar-refractivity contribution is 0.0912. The average molecular weight is 197 g/mol. The summed E-state index contributed by atoms with van der Waals surface area (Å²) in [7, 11) is 0. The summed E-state index contributed by atoms with van der Waals surface area (Å²) in [6.07, 6.45) is 1.43. The van der Waals surface area contributed by atoms with Crippen LogP contribution in [0.1, 0.15) is 24.4 Å². The molecule has 0 aliphatic rings. The largest absolute Gasteiger partial charge is 0.351 e. The van der Waals surface area contributed by atoms with Gasteiger partial charge in [0.05, 0.1) is 6.20 Å². The maximum atomic E-state index is 11.3. The molecule has 1 aromatic heterocycles. The van der Waals surface area contributed by atoms with Gasteiger partial charge in [-0.2, -0.15) is 0 Å². The van der Waals surface area contributed by atoms with Gasteiger partial charge in [-0.3, -0.25) is 4.79 Å². The molecular weight excluding hydrogens is 182 g/mol. The molecule has 3 N–H and O–H groups in total. The van der Waals surface area contributed by atoms with Crippen molar-refractivity contribution in [3.05, 3.63) is 18.0 Å². The first kappa shape index (κ1) is 10.7. The fourth-order valence-corrected chi connectivity index (χ4v) is 0.866. The molecule has 0 radical (unpaired) electrons. The van der Waals surface area contributed by atoms with E-state index in [2.05, 4.69) is 15.0 Å². The first-order chi connectivity index (χ1) is 6.61. The Bertz CT molecular complexity index is 282. The topological polar surface area (TPSA) is 81.1 Å². The van der Waals surface area contributed by atoms with Crippen molar-refractivity contribution >= 4 is 5.91 Å². The van der Waals surface area contributed by atoms with Gasteiger partial charge in [-0.05, 0) is 5.92 Å². The molecule has 0 saturated heterocycles. The predicted molar refractivity (Wildman–Crippen MR) is 51.6 cm³/mol. The lowest BCUT2D eigenvalue weighted by Gasteiger charge is -2.15. The third kappa shape index (κ3) is 2.85. The first-order valence-corrected chi connectivity index (χ1v) is 4.55. The van der Waals surface area contributed by atoms with E-state index in [0.717, 1.165) is 0 Å². The highest BCUT2D eigenvalue weighted by atomic mass is 16.5. The number of nitrogens with zero attached hydrogens (tertiary/aromatic N) is 1. The van der Waals surface area contributed by atoms with Crippen LogP contribution in [0.4, 0.5) is 0 Å². The predicted octanol–water partition coefficient (Wildman–Crippen LogP) is 0.388.